The number of unbranched alkanes of at least 4 members (excludes halogenated alkanes) is 2. The molecule has 5 nitrogen and oxygen atoms in total. The quantitative estimate of drug-likeness (QED) is 0.447. The number of benzene rings is 1. The predicted molar refractivity (Wildman–Crippen MR) is 83.8 cm³/mol. The summed E-state index contributed by atoms with van der Waals surface area (Å²) in [5.74, 6) is 0.0783. The highest BCUT2D eigenvalue weighted by molar-refractivity contribution is 5.93. The van der Waals surface area contributed by atoms with Crippen LogP contribution < -0.4 is 10.5 Å². The van der Waals surface area contributed by atoms with Crippen molar-refractivity contribution in [3.63, 3.8) is 0 Å². The van der Waals surface area contributed by atoms with Crippen molar-refractivity contribution < 1.29 is 9.13 Å². The number of halogens is 1. The normalized spacial score (nSPS) is 10.6. The van der Waals surface area contributed by atoms with E-state index >= 15 is 0 Å². The van der Waals surface area contributed by atoms with Gasteiger partial charge in [0.2, 0.25) is 5.88 Å². The van der Waals surface area contributed by atoms with Crippen LogP contribution in [0, 0.1) is 11.2 Å². The lowest BCUT2D eigenvalue weighted by molar-refractivity contribution is 0.277. The van der Waals surface area contributed by atoms with Gasteiger partial charge in [-0.2, -0.15) is 5.10 Å². The molecule has 1 aromatic carbocycles. The number of nitrogens with two attached hydrogens (primary N) is 1. The van der Waals surface area contributed by atoms with Crippen molar-refractivity contribution >= 4 is 5.84 Å². The van der Waals surface area contributed by atoms with E-state index in [1.54, 1.807) is 28.9 Å². The number of hydrogen-bond donors (Lipinski definition) is 2. The maximum Gasteiger partial charge on any atom is 0.212 e. The van der Waals surface area contributed by atoms with Crippen LogP contribution in [0.4, 0.5) is 4.39 Å². The third-order valence-electron chi connectivity index (χ3n) is 3.29. The second-order valence-corrected chi connectivity index (χ2v) is 5.09. The molecule has 0 bridgehead atoms. The molecular weight excluding hydrogens is 283 g/mol. The van der Waals surface area contributed by atoms with E-state index in [0.29, 0.717) is 23.7 Å². The average Bonchev–Trinajstić information content (AvgIpc) is 2.89. The summed E-state index contributed by atoms with van der Waals surface area (Å²) in [5.41, 5.74) is 6.32. The topological polar surface area (TPSA) is 76.9 Å². The number of nitrogens with zero attached hydrogens (tertiary/aromatic N) is 2. The zero-order chi connectivity index (χ0) is 15.9. The second-order valence-electron chi connectivity index (χ2n) is 5.09. The molecule has 2 aromatic rings. The Kier molecular flexibility index (Phi) is 5.52. The van der Waals surface area contributed by atoms with E-state index in [9.17, 15) is 4.39 Å². The number of rotatable bonds is 8. The Labute approximate surface area is 129 Å². The smallest absolute Gasteiger partial charge is 0.212 e. The Bertz CT molecular complexity index is 639. The molecule has 0 aliphatic rings. The van der Waals surface area contributed by atoms with Gasteiger partial charge in [0.1, 0.15) is 17.3 Å². The number of hydrogen-bond acceptors (Lipinski definition) is 3. The molecule has 0 aliphatic carbocycles. The standard InChI is InChI=1S/C16H21FN4O/c1-2-3-6-9-22-15-10-14(16(18)19)20-21(15)11-12-7-4-5-8-13(12)17/h4-5,7-8,10H,2-3,6,9,11H2,1H3,(H3,18,19). The summed E-state index contributed by atoms with van der Waals surface area (Å²) in [6, 6.07) is 8.15. The number of ether oxygens (including phenoxy) is 1. The van der Waals surface area contributed by atoms with Gasteiger partial charge in [-0.05, 0) is 12.5 Å². The molecule has 1 heterocycles. The summed E-state index contributed by atoms with van der Waals surface area (Å²) in [6.07, 6.45) is 3.13. The molecule has 0 saturated carbocycles. The van der Waals surface area contributed by atoms with Gasteiger partial charge in [0.25, 0.3) is 0 Å². The highest BCUT2D eigenvalue weighted by Gasteiger charge is 2.13. The van der Waals surface area contributed by atoms with Crippen molar-refractivity contribution in [2.45, 2.75) is 32.7 Å². The summed E-state index contributed by atoms with van der Waals surface area (Å²) >= 11 is 0. The van der Waals surface area contributed by atoms with Crippen LogP contribution in [0.15, 0.2) is 30.3 Å². The molecule has 3 N–H and O–H groups in total. The Balaban J connectivity index is 2.17. The first-order valence-corrected chi connectivity index (χ1v) is 7.40. The predicted octanol–water partition coefficient (Wildman–Crippen LogP) is 2.92. The molecule has 0 atom stereocenters. The maximum absolute atomic E-state index is 13.8. The van der Waals surface area contributed by atoms with Crippen molar-refractivity contribution in [1.29, 1.82) is 5.41 Å². The van der Waals surface area contributed by atoms with Crippen LogP contribution in [0.2, 0.25) is 0 Å². The van der Waals surface area contributed by atoms with Gasteiger partial charge in [0, 0.05) is 11.6 Å². The van der Waals surface area contributed by atoms with Crippen LogP contribution in [0.25, 0.3) is 0 Å². The van der Waals surface area contributed by atoms with Crippen LogP contribution in [-0.2, 0) is 6.54 Å². The zero-order valence-corrected chi connectivity index (χ0v) is 12.7. The average molecular weight is 304 g/mol. The molecule has 0 unspecified atom stereocenters. The van der Waals surface area contributed by atoms with Crippen molar-refractivity contribution in [2.75, 3.05) is 6.61 Å². The fourth-order valence-electron chi connectivity index (χ4n) is 2.08. The van der Waals surface area contributed by atoms with Crippen LogP contribution in [0.5, 0.6) is 5.88 Å². The van der Waals surface area contributed by atoms with Crippen molar-refractivity contribution in [3.05, 3.63) is 47.4 Å². The fraction of sp³-hybridized carbons (Fsp3) is 0.375. The molecule has 0 spiro atoms. The van der Waals surface area contributed by atoms with Crippen LogP contribution in [-0.4, -0.2) is 22.2 Å². The van der Waals surface area contributed by atoms with E-state index in [1.807, 2.05) is 0 Å². The molecule has 0 aliphatic heterocycles. The third kappa shape index (κ3) is 4.07. The molecular formula is C16H21FN4O. The van der Waals surface area contributed by atoms with E-state index in [1.165, 1.54) is 6.07 Å². The van der Waals surface area contributed by atoms with Gasteiger partial charge < -0.3 is 10.5 Å². The van der Waals surface area contributed by atoms with Crippen molar-refractivity contribution in [2.24, 2.45) is 5.73 Å². The maximum atomic E-state index is 13.8. The van der Waals surface area contributed by atoms with Gasteiger partial charge in [-0.25, -0.2) is 9.07 Å². The summed E-state index contributed by atoms with van der Waals surface area (Å²) in [5, 5.41) is 11.7. The van der Waals surface area contributed by atoms with Crippen molar-refractivity contribution in [1.82, 2.24) is 9.78 Å². The van der Waals surface area contributed by atoms with Gasteiger partial charge >= 0.3 is 0 Å². The lowest BCUT2D eigenvalue weighted by Crippen LogP contribution is -2.13. The molecule has 0 amide bonds. The zero-order valence-electron chi connectivity index (χ0n) is 12.7. The Morgan fingerprint density at radius 3 is 2.82 bits per heavy atom. The van der Waals surface area contributed by atoms with E-state index < -0.39 is 0 Å². The summed E-state index contributed by atoms with van der Waals surface area (Å²) in [4.78, 5) is 0. The van der Waals surface area contributed by atoms with Gasteiger partial charge in [0.05, 0.1) is 13.2 Å². The number of nitrogens with one attached hydrogen (secondary N) is 1. The first-order chi connectivity index (χ1) is 10.6. The lowest BCUT2D eigenvalue weighted by Gasteiger charge is -2.09. The van der Waals surface area contributed by atoms with Gasteiger partial charge in [-0.1, -0.05) is 38.0 Å². The molecule has 6 heteroatoms. The minimum absolute atomic E-state index is 0.134. The third-order valence-corrected chi connectivity index (χ3v) is 3.29. The Hall–Kier alpha value is -2.37. The van der Waals surface area contributed by atoms with Crippen molar-refractivity contribution in [3.8, 4) is 5.88 Å². The Morgan fingerprint density at radius 2 is 2.14 bits per heavy atom. The van der Waals surface area contributed by atoms with Gasteiger partial charge in [-0.3, -0.25) is 5.41 Å². The highest BCUT2D eigenvalue weighted by Crippen LogP contribution is 2.17. The van der Waals surface area contributed by atoms with Crippen LogP contribution in [0.1, 0.15) is 37.4 Å². The first kappa shape index (κ1) is 16.0. The molecule has 0 saturated heterocycles. The van der Waals surface area contributed by atoms with Gasteiger partial charge in [-0.15, -0.1) is 0 Å². The summed E-state index contributed by atoms with van der Waals surface area (Å²) < 4.78 is 21.0. The molecule has 22 heavy (non-hydrogen) atoms. The van der Waals surface area contributed by atoms with E-state index in [-0.39, 0.29) is 18.2 Å². The SMILES string of the molecule is CCCCCOc1cc(C(=N)N)nn1Cc1ccccc1F. The lowest BCUT2D eigenvalue weighted by atomic mass is 10.2. The summed E-state index contributed by atoms with van der Waals surface area (Å²) in [6.45, 7) is 2.92. The fourth-order valence-corrected chi connectivity index (χ4v) is 2.08. The van der Waals surface area contributed by atoms with Crippen LogP contribution >= 0.6 is 0 Å². The number of aromatic nitrogens is 2. The molecule has 2 rings (SSSR count). The van der Waals surface area contributed by atoms with Crippen LogP contribution in [0.3, 0.4) is 0 Å². The minimum atomic E-state index is -0.292. The first-order valence-electron chi connectivity index (χ1n) is 7.40. The second kappa shape index (κ2) is 7.59. The minimum Gasteiger partial charge on any atom is -0.478 e. The van der Waals surface area contributed by atoms with E-state index in [4.69, 9.17) is 15.9 Å². The number of amidine groups is 1. The van der Waals surface area contributed by atoms with Gasteiger partial charge in [0.15, 0.2) is 0 Å². The highest BCUT2D eigenvalue weighted by atomic mass is 19.1. The molecule has 0 radical (unpaired) electrons. The van der Waals surface area contributed by atoms with E-state index in [2.05, 4.69) is 12.0 Å². The van der Waals surface area contributed by atoms with E-state index in [0.717, 1.165) is 19.3 Å². The molecule has 1 aromatic heterocycles. The molecule has 0 fully saturated rings. The largest absolute Gasteiger partial charge is 0.478 e. The summed E-state index contributed by atoms with van der Waals surface area (Å²) in [7, 11) is 0. The monoisotopic (exact) mass is 304 g/mol. The number of nitrogen functional groups attached to an aromatic ring is 1. The Morgan fingerprint density at radius 1 is 1.36 bits per heavy atom. The molecule has 118 valence electrons.